The largest absolute Gasteiger partial charge is 0.382 e. The molecule has 0 unspecified atom stereocenters. The first-order chi connectivity index (χ1) is 11.2. The van der Waals surface area contributed by atoms with Crippen LogP contribution in [0, 0.1) is 0 Å². The molecule has 0 aliphatic heterocycles. The smallest absolute Gasteiger partial charge is 0.191 e. The molecule has 0 bridgehead atoms. The van der Waals surface area contributed by atoms with Gasteiger partial charge in [-0.3, -0.25) is 4.99 Å². The molecule has 0 saturated heterocycles. The Kier molecular flexibility index (Phi) is 10.0. The molecule has 1 fully saturated rings. The van der Waals surface area contributed by atoms with Crippen LogP contribution in [0.15, 0.2) is 29.3 Å². The maximum Gasteiger partial charge on any atom is 0.191 e. The molecule has 0 amide bonds. The highest BCUT2D eigenvalue weighted by Gasteiger charge is 2.44. The van der Waals surface area contributed by atoms with Gasteiger partial charge >= 0.3 is 0 Å². The molecule has 0 aromatic heterocycles. The molecule has 24 heavy (non-hydrogen) atoms. The van der Waals surface area contributed by atoms with E-state index in [2.05, 4.69) is 27.8 Å². The SMILES string of the molecule is CCOCCCCNC(=NC)NCC1(c2ccc(Cl)cc2)CC1.I. The van der Waals surface area contributed by atoms with Crippen LogP contribution >= 0.6 is 35.6 Å². The first-order valence-corrected chi connectivity index (χ1v) is 8.86. The predicted octanol–water partition coefficient (Wildman–Crippen LogP) is 3.97. The van der Waals surface area contributed by atoms with Crippen molar-refractivity contribution in [2.24, 2.45) is 4.99 Å². The number of aliphatic imine (C=N–C) groups is 1. The third kappa shape index (κ3) is 6.76. The van der Waals surface area contributed by atoms with Gasteiger partial charge in [0.05, 0.1) is 0 Å². The Labute approximate surface area is 167 Å². The normalized spacial score (nSPS) is 15.5. The van der Waals surface area contributed by atoms with Gasteiger partial charge in [0, 0.05) is 43.8 Å². The number of nitrogens with one attached hydrogen (secondary N) is 2. The molecule has 1 aliphatic carbocycles. The van der Waals surface area contributed by atoms with Crippen molar-refractivity contribution in [3.63, 3.8) is 0 Å². The molecule has 0 radical (unpaired) electrons. The Hall–Kier alpha value is -0.530. The van der Waals surface area contributed by atoms with Crippen molar-refractivity contribution in [1.82, 2.24) is 10.6 Å². The molecule has 136 valence electrons. The Morgan fingerprint density at radius 2 is 1.92 bits per heavy atom. The number of hydrogen-bond acceptors (Lipinski definition) is 2. The maximum absolute atomic E-state index is 5.98. The van der Waals surface area contributed by atoms with E-state index in [4.69, 9.17) is 16.3 Å². The zero-order valence-electron chi connectivity index (χ0n) is 14.6. The second kappa shape index (κ2) is 11.2. The molecule has 2 N–H and O–H groups in total. The summed E-state index contributed by atoms with van der Waals surface area (Å²) in [4.78, 5) is 4.30. The number of halogens is 2. The van der Waals surface area contributed by atoms with Crippen molar-refractivity contribution in [3.8, 4) is 0 Å². The third-order valence-electron chi connectivity index (χ3n) is 4.34. The Morgan fingerprint density at radius 3 is 2.50 bits per heavy atom. The second-order valence-corrected chi connectivity index (χ2v) is 6.48. The van der Waals surface area contributed by atoms with Gasteiger partial charge in [0.1, 0.15) is 0 Å². The van der Waals surface area contributed by atoms with Gasteiger partial charge in [0.25, 0.3) is 0 Å². The van der Waals surface area contributed by atoms with Crippen LogP contribution in [-0.4, -0.2) is 39.3 Å². The molecular weight excluding hydrogens is 437 g/mol. The predicted molar refractivity (Wildman–Crippen MR) is 113 cm³/mol. The lowest BCUT2D eigenvalue weighted by molar-refractivity contribution is 0.143. The zero-order chi connectivity index (χ0) is 16.5. The number of hydrogen-bond donors (Lipinski definition) is 2. The zero-order valence-corrected chi connectivity index (χ0v) is 17.7. The molecule has 4 nitrogen and oxygen atoms in total. The average Bonchev–Trinajstić information content (AvgIpc) is 3.35. The number of nitrogens with zero attached hydrogens (tertiary/aromatic N) is 1. The Morgan fingerprint density at radius 1 is 1.21 bits per heavy atom. The molecule has 6 heteroatoms. The lowest BCUT2D eigenvalue weighted by Gasteiger charge is -2.19. The summed E-state index contributed by atoms with van der Waals surface area (Å²) in [6.07, 6.45) is 4.59. The Bertz CT molecular complexity index is 503. The van der Waals surface area contributed by atoms with Gasteiger partial charge in [0.15, 0.2) is 5.96 Å². The minimum Gasteiger partial charge on any atom is -0.382 e. The molecule has 1 saturated carbocycles. The fourth-order valence-electron chi connectivity index (χ4n) is 2.68. The topological polar surface area (TPSA) is 45.6 Å². The van der Waals surface area contributed by atoms with E-state index >= 15 is 0 Å². The van der Waals surface area contributed by atoms with Crippen LogP contribution in [0.4, 0.5) is 0 Å². The van der Waals surface area contributed by atoms with Crippen LogP contribution in [0.2, 0.25) is 5.02 Å². The van der Waals surface area contributed by atoms with Crippen molar-refractivity contribution < 1.29 is 4.74 Å². The highest BCUT2D eigenvalue weighted by molar-refractivity contribution is 14.0. The third-order valence-corrected chi connectivity index (χ3v) is 4.59. The van der Waals surface area contributed by atoms with Crippen molar-refractivity contribution in [1.29, 1.82) is 0 Å². The summed E-state index contributed by atoms with van der Waals surface area (Å²) in [6.45, 7) is 5.49. The summed E-state index contributed by atoms with van der Waals surface area (Å²) >= 11 is 5.98. The summed E-state index contributed by atoms with van der Waals surface area (Å²) in [5.41, 5.74) is 1.61. The highest BCUT2D eigenvalue weighted by Crippen LogP contribution is 2.47. The molecule has 0 atom stereocenters. The van der Waals surface area contributed by atoms with Crippen LogP contribution in [-0.2, 0) is 10.2 Å². The van der Waals surface area contributed by atoms with Gasteiger partial charge in [-0.05, 0) is 50.3 Å². The lowest BCUT2D eigenvalue weighted by atomic mass is 9.96. The first kappa shape index (κ1) is 21.5. The van der Waals surface area contributed by atoms with Crippen LogP contribution in [0.25, 0.3) is 0 Å². The van der Waals surface area contributed by atoms with E-state index in [1.54, 1.807) is 0 Å². The highest BCUT2D eigenvalue weighted by atomic mass is 127. The summed E-state index contributed by atoms with van der Waals surface area (Å²) in [6, 6.07) is 8.23. The van der Waals surface area contributed by atoms with Crippen molar-refractivity contribution >= 4 is 41.5 Å². The number of unbranched alkanes of at least 4 members (excludes halogenated alkanes) is 1. The van der Waals surface area contributed by atoms with Crippen molar-refractivity contribution in [3.05, 3.63) is 34.9 Å². The minimum absolute atomic E-state index is 0. The Balaban J connectivity index is 0.00000288. The molecular formula is C18H29ClIN3O. The van der Waals surface area contributed by atoms with E-state index in [0.29, 0.717) is 0 Å². The average molecular weight is 466 g/mol. The maximum atomic E-state index is 5.98. The minimum atomic E-state index is 0. The second-order valence-electron chi connectivity index (χ2n) is 6.04. The van der Waals surface area contributed by atoms with E-state index in [1.165, 1.54) is 18.4 Å². The fraction of sp³-hybridized carbons (Fsp3) is 0.611. The van der Waals surface area contributed by atoms with Crippen LogP contribution in [0.3, 0.4) is 0 Å². The summed E-state index contributed by atoms with van der Waals surface area (Å²) in [5.74, 6) is 0.877. The number of guanidine groups is 1. The van der Waals surface area contributed by atoms with Gasteiger partial charge in [-0.2, -0.15) is 0 Å². The van der Waals surface area contributed by atoms with E-state index in [-0.39, 0.29) is 29.4 Å². The summed E-state index contributed by atoms with van der Waals surface area (Å²) < 4.78 is 5.34. The molecule has 1 aromatic carbocycles. The van der Waals surface area contributed by atoms with Gasteiger partial charge in [0.2, 0.25) is 0 Å². The van der Waals surface area contributed by atoms with Crippen LogP contribution in [0.5, 0.6) is 0 Å². The van der Waals surface area contributed by atoms with Crippen LogP contribution < -0.4 is 10.6 Å². The quantitative estimate of drug-likeness (QED) is 0.251. The van der Waals surface area contributed by atoms with E-state index in [0.717, 1.165) is 50.1 Å². The summed E-state index contributed by atoms with van der Waals surface area (Å²) in [7, 11) is 1.82. The van der Waals surface area contributed by atoms with Crippen LogP contribution in [0.1, 0.15) is 38.2 Å². The fourth-order valence-corrected chi connectivity index (χ4v) is 2.80. The monoisotopic (exact) mass is 465 g/mol. The first-order valence-electron chi connectivity index (χ1n) is 8.48. The molecule has 0 spiro atoms. The number of rotatable bonds is 9. The standard InChI is InChI=1S/C18H28ClN3O.HI/c1-3-23-13-5-4-12-21-17(20-2)22-14-18(10-11-18)15-6-8-16(19)9-7-15;/h6-9H,3-5,10-14H2,1-2H3,(H2,20,21,22);1H. The van der Waals surface area contributed by atoms with Gasteiger partial charge in [-0.25, -0.2) is 0 Å². The number of benzene rings is 1. The number of ether oxygens (including phenoxy) is 1. The molecule has 1 aliphatic rings. The lowest BCUT2D eigenvalue weighted by Crippen LogP contribution is -2.41. The van der Waals surface area contributed by atoms with Gasteiger partial charge in [-0.15, -0.1) is 24.0 Å². The molecule has 0 heterocycles. The molecule has 2 rings (SSSR count). The van der Waals surface area contributed by atoms with E-state index in [1.807, 2.05) is 26.1 Å². The van der Waals surface area contributed by atoms with Crippen molar-refractivity contribution in [2.45, 2.75) is 38.0 Å². The van der Waals surface area contributed by atoms with Gasteiger partial charge < -0.3 is 15.4 Å². The molecule has 1 aromatic rings. The van der Waals surface area contributed by atoms with Gasteiger partial charge in [-0.1, -0.05) is 23.7 Å². The van der Waals surface area contributed by atoms with E-state index in [9.17, 15) is 0 Å². The summed E-state index contributed by atoms with van der Waals surface area (Å²) in [5, 5.41) is 7.63. The van der Waals surface area contributed by atoms with E-state index < -0.39 is 0 Å². The van der Waals surface area contributed by atoms with Crippen molar-refractivity contribution in [2.75, 3.05) is 33.4 Å².